The molecule has 1 aromatic heterocycles. The average molecular weight is 271 g/mol. The van der Waals surface area contributed by atoms with Gasteiger partial charge >= 0.3 is 0 Å². The molecule has 0 aliphatic rings. The van der Waals surface area contributed by atoms with Crippen LogP contribution in [-0.2, 0) is 0 Å². The summed E-state index contributed by atoms with van der Waals surface area (Å²) in [7, 11) is 0. The van der Waals surface area contributed by atoms with Crippen LogP contribution in [0.2, 0.25) is 0 Å². The maximum Gasteiger partial charge on any atom is 0.254 e. The molecular weight excluding hydrogens is 254 g/mol. The number of benzene rings is 1. The van der Waals surface area contributed by atoms with Gasteiger partial charge in [-0.05, 0) is 43.5 Å². The van der Waals surface area contributed by atoms with Crippen LogP contribution in [0.3, 0.4) is 0 Å². The van der Waals surface area contributed by atoms with E-state index >= 15 is 0 Å². The van der Waals surface area contributed by atoms with Gasteiger partial charge < -0.3 is 16.2 Å². The van der Waals surface area contributed by atoms with Crippen molar-refractivity contribution >= 4 is 11.6 Å². The maximum atomic E-state index is 11.4. The van der Waals surface area contributed by atoms with Gasteiger partial charge in [0.05, 0.1) is 11.9 Å². The van der Waals surface area contributed by atoms with Crippen molar-refractivity contribution < 1.29 is 9.53 Å². The van der Waals surface area contributed by atoms with Gasteiger partial charge in [0.1, 0.15) is 11.3 Å². The van der Waals surface area contributed by atoms with E-state index in [0.29, 0.717) is 11.4 Å². The topological polar surface area (TPSA) is 91.2 Å². The van der Waals surface area contributed by atoms with E-state index in [9.17, 15) is 4.79 Å². The number of hydrogen-bond acceptors (Lipinski definition) is 4. The van der Waals surface area contributed by atoms with Crippen LogP contribution in [0.4, 0.5) is 5.69 Å². The number of nitrogens with zero attached hydrogens (tertiary/aromatic N) is 1. The van der Waals surface area contributed by atoms with E-state index in [2.05, 4.69) is 4.98 Å². The monoisotopic (exact) mass is 271 g/mol. The number of nitrogen functional groups attached to an aromatic ring is 1. The number of nitrogens with two attached hydrogens (primary N) is 2. The van der Waals surface area contributed by atoms with E-state index in [1.165, 1.54) is 12.3 Å². The first-order valence-corrected chi connectivity index (χ1v) is 6.20. The molecule has 0 aliphatic carbocycles. The molecule has 104 valence electrons. The molecule has 1 amide bonds. The molecule has 0 radical (unpaired) electrons. The van der Waals surface area contributed by atoms with Gasteiger partial charge in [0.25, 0.3) is 5.91 Å². The molecular formula is C15H17N3O2. The van der Waals surface area contributed by atoms with Gasteiger partial charge in [-0.15, -0.1) is 0 Å². The van der Waals surface area contributed by atoms with Crippen LogP contribution in [0.5, 0.6) is 11.6 Å². The minimum atomic E-state index is -0.622. The Morgan fingerprint density at radius 1 is 1.20 bits per heavy atom. The van der Waals surface area contributed by atoms with Crippen LogP contribution in [-0.4, -0.2) is 10.9 Å². The first kappa shape index (κ1) is 13.9. The summed E-state index contributed by atoms with van der Waals surface area (Å²) >= 11 is 0. The standard InChI is InChI=1S/C15H17N3O2/c1-8-4-5-9(2)13(10(8)3)20-15-12(14(17)19)6-11(16)7-18-15/h4-7H,16H2,1-3H3,(H2,17,19). The first-order valence-electron chi connectivity index (χ1n) is 6.20. The number of carbonyl (C=O) groups excluding carboxylic acids is 1. The van der Waals surface area contributed by atoms with Crippen LogP contribution in [0.25, 0.3) is 0 Å². The fraction of sp³-hybridized carbons (Fsp3) is 0.200. The van der Waals surface area contributed by atoms with Crippen LogP contribution in [0, 0.1) is 20.8 Å². The number of primary amides is 1. The highest BCUT2D eigenvalue weighted by molar-refractivity contribution is 5.95. The fourth-order valence-electron chi connectivity index (χ4n) is 1.91. The smallest absolute Gasteiger partial charge is 0.254 e. The molecule has 2 aromatic rings. The minimum absolute atomic E-state index is 0.170. The van der Waals surface area contributed by atoms with E-state index in [1.807, 2.05) is 32.9 Å². The number of ether oxygens (including phenoxy) is 1. The van der Waals surface area contributed by atoms with Crippen molar-refractivity contribution in [2.75, 3.05) is 5.73 Å². The Balaban J connectivity index is 2.51. The van der Waals surface area contributed by atoms with Crippen LogP contribution in [0.15, 0.2) is 24.4 Å². The van der Waals surface area contributed by atoms with Gasteiger partial charge in [-0.3, -0.25) is 4.79 Å². The molecule has 0 bridgehead atoms. The van der Waals surface area contributed by atoms with Crippen molar-refractivity contribution in [3.05, 3.63) is 46.6 Å². The van der Waals surface area contributed by atoms with Crippen molar-refractivity contribution in [3.63, 3.8) is 0 Å². The quantitative estimate of drug-likeness (QED) is 0.897. The molecule has 1 heterocycles. The Bertz CT molecular complexity index is 681. The molecule has 0 saturated carbocycles. The van der Waals surface area contributed by atoms with Crippen molar-refractivity contribution in [1.29, 1.82) is 0 Å². The van der Waals surface area contributed by atoms with E-state index < -0.39 is 5.91 Å². The lowest BCUT2D eigenvalue weighted by molar-refractivity contribution is 0.0997. The Kier molecular flexibility index (Phi) is 3.61. The molecule has 20 heavy (non-hydrogen) atoms. The number of aryl methyl sites for hydroxylation is 2. The summed E-state index contributed by atoms with van der Waals surface area (Å²) in [5.41, 5.74) is 14.5. The molecule has 0 atom stereocenters. The highest BCUT2D eigenvalue weighted by Crippen LogP contribution is 2.31. The van der Waals surface area contributed by atoms with Gasteiger partial charge in [0.2, 0.25) is 5.88 Å². The second kappa shape index (κ2) is 5.21. The van der Waals surface area contributed by atoms with Crippen LogP contribution < -0.4 is 16.2 Å². The van der Waals surface area contributed by atoms with Crippen molar-refractivity contribution in [2.24, 2.45) is 5.73 Å². The Labute approximate surface area is 117 Å². The van der Waals surface area contributed by atoms with E-state index in [1.54, 1.807) is 0 Å². The summed E-state index contributed by atoms with van der Waals surface area (Å²) in [5.74, 6) is 0.232. The van der Waals surface area contributed by atoms with E-state index in [-0.39, 0.29) is 11.4 Å². The lowest BCUT2D eigenvalue weighted by Gasteiger charge is -2.14. The van der Waals surface area contributed by atoms with Crippen molar-refractivity contribution in [1.82, 2.24) is 4.98 Å². The number of aromatic nitrogens is 1. The molecule has 0 saturated heterocycles. The third-order valence-corrected chi connectivity index (χ3v) is 3.21. The highest BCUT2D eigenvalue weighted by Gasteiger charge is 2.15. The van der Waals surface area contributed by atoms with Crippen molar-refractivity contribution in [3.8, 4) is 11.6 Å². The zero-order chi connectivity index (χ0) is 14.9. The van der Waals surface area contributed by atoms with Gasteiger partial charge in [-0.25, -0.2) is 4.98 Å². The minimum Gasteiger partial charge on any atom is -0.438 e. The maximum absolute atomic E-state index is 11.4. The SMILES string of the molecule is Cc1ccc(C)c(Oc2ncc(N)cc2C(N)=O)c1C. The molecule has 0 spiro atoms. The lowest BCUT2D eigenvalue weighted by Crippen LogP contribution is -2.14. The third kappa shape index (κ3) is 2.56. The zero-order valence-corrected chi connectivity index (χ0v) is 11.7. The molecule has 4 N–H and O–H groups in total. The number of anilines is 1. The number of carbonyl (C=O) groups is 1. The second-order valence-corrected chi connectivity index (χ2v) is 4.74. The molecule has 0 unspecified atom stereocenters. The van der Waals surface area contributed by atoms with E-state index in [0.717, 1.165) is 16.7 Å². The van der Waals surface area contributed by atoms with E-state index in [4.69, 9.17) is 16.2 Å². The first-order chi connectivity index (χ1) is 9.40. The summed E-state index contributed by atoms with van der Waals surface area (Å²) in [6.07, 6.45) is 1.43. The van der Waals surface area contributed by atoms with Crippen molar-refractivity contribution in [2.45, 2.75) is 20.8 Å². The van der Waals surface area contributed by atoms with Gasteiger partial charge in [-0.2, -0.15) is 0 Å². The molecule has 0 fully saturated rings. The Hall–Kier alpha value is -2.56. The van der Waals surface area contributed by atoms with Gasteiger partial charge in [-0.1, -0.05) is 12.1 Å². The molecule has 0 aliphatic heterocycles. The third-order valence-electron chi connectivity index (χ3n) is 3.21. The number of pyridine rings is 1. The zero-order valence-electron chi connectivity index (χ0n) is 11.7. The lowest BCUT2D eigenvalue weighted by atomic mass is 10.1. The highest BCUT2D eigenvalue weighted by atomic mass is 16.5. The normalized spacial score (nSPS) is 10.3. The predicted molar refractivity (Wildman–Crippen MR) is 77.9 cm³/mol. The van der Waals surface area contributed by atoms with Gasteiger partial charge in [0.15, 0.2) is 0 Å². The summed E-state index contributed by atoms with van der Waals surface area (Å²) in [6.45, 7) is 5.88. The summed E-state index contributed by atoms with van der Waals surface area (Å²) in [6, 6.07) is 5.44. The molecule has 1 aromatic carbocycles. The van der Waals surface area contributed by atoms with Crippen LogP contribution >= 0.6 is 0 Å². The Morgan fingerprint density at radius 2 is 1.85 bits per heavy atom. The molecule has 5 nitrogen and oxygen atoms in total. The number of amides is 1. The average Bonchev–Trinajstić information content (AvgIpc) is 2.40. The van der Waals surface area contributed by atoms with Crippen LogP contribution in [0.1, 0.15) is 27.0 Å². The largest absolute Gasteiger partial charge is 0.438 e. The number of rotatable bonds is 3. The predicted octanol–water partition coefficient (Wildman–Crippen LogP) is 2.48. The Morgan fingerprint density at radius 3 is 2.50 bits per heavy atom. The summed E-state index contributed by atoms with van der Waals surface area (Å²) in [5, 5.41) is 0. The number of hydrogen-bond donors (Lipinski definition) is 2. The molecule has 5 heteroatoms. The summed E-state index contributed by atoms with van der Waals surface area (Å²) < 4.78 is 5.80. The summed E-state index contributed by atoms with van der Waals surface area (Å²) in [4.78, 5) is 15.5. The second-order valence-electron chi connectivity index (χ2n) is 4.74. The van der Waals surface area contributed by atoms with Gasteiger partial charge in [0, 0.05) is 0 Å². The fourth-order valence-corrected chi connectivity index (χ4v) is 1.91. The molecule has 2 rings (SSSR count).